The highest BCUT2D eigenvalue weighted by Gasteiger charge is 2.71. The van der Waals surface area contributed by atoms with Crippen LogP contribution in [0.25, 0.3) is 43.1 Å². The van der Waals surface area contributed by atoms with Crippen LogP contribution in [0.3, 0.4) is 0 Å². The summed E-state index contributed by atoms with van der Waals surface area (Å²) in [6, 6.07) is 80.6. The number of hydrogen-bond donors (Lipinski definition) is 0. The maximum absolute atomic E-state index is 3.70. The van der Waals surface area contributed by atoms with Gasteiger partial charge < -0.3 is 18.3 Å². The van der Waals surface area contributed by atoms with Crippen molar-refractivity contribution in [3.05, 3.63) is 218 Å². The summed E-state index contributed by atoms with van der Waals surface area (Å²) in [6.45, 7) is 0. The molecule has 2 aliphatic heterocycles. The molecule has 0 radical (unpaired) electrons. The average molecular weight is 745 g/mol. The van der Waals surface area contributed by atoms with Crippen molar-refractivity contribution in [2.45, 2.75) is 0 Å². The Balaban J connectivity index is 1.39. The van der Waals surface area contributed by atoms with Crippen LogP contribution in [0.1, 0.15) is 0 Å². The molecule has 2 heterocycles. The summed E-state index contributed by atoms with van der Waals surface area (Å²) in [5.41, 5.74) is 9.45. The lowest BCUT2D eigenvalue weighted by molar-refractivity contribution is 1.18. The van der Waals surface area contributed by atoms with E-state index >= 15 is 0 Å². The Morgan fingerprint density at radius 1 is 0.193 bits per heavy atom. The van der Waals surface area contributed by atoms with Crippen molar-refractivity contribution in [2.75, 3.05) is 18.3 Å². The second kappa shape index (κ2) is 12.3. The van der Waals surface area contributed by atoms with Crippen LogP contribution < -0.4 is 18.3 Å². The average Bonchev–Trinajstić information content (AvgIpc) is 3.78. The molecule has 10 aromatic carbocycles. The van der Waals surface area contributed by atoms with E-state index in [9.17, 15) is 0 Å². The lowest BCUT2D eigenvalue weighted by atomic mass is 9.97. The molecule has 0 saturated heterocycles. The van der Waals surface area contributed by atoms with Gasteiger partial charge in [-0.05, 0) is 70.1 Å². The van der Waals surface area contributed by atoms with Gasteiger partial charge in [-0.15, -0.1) is 0 Å². The third-order valence-electron chi connectivity index (χ3n) is 11.9. The molecule has 12 rings (SSSR count). The quantitative estimate of drug-likeness (QED) is 0.131. The summed E-state index contributed by atoms with van der Waals surface area (Å²) in [6.07, 6.45) is 0. The number of rotatable bonds is 4. The van der Waals surface area contributed by atoms with Gasteiger partial charge in [-0.3, -0.25) is 0 Å². The normalized spacial score (nSPS) is 14.3. The van der Waals surface area contributed by atoms with E-state index in [1.165, 1.54) is 65.8 Å². The van der Waals surface area contributed by atoms with Gasteiger partial charge in [0.25, 0.3) is 0 Å². The molecule has 0 aliphatic carbocycles. The van der Waals surface area contributed by atoms with Crippen LogP contribution in [0.2, 0.25) is 0 Å². The van der Waals surface area contributed by atoms with Gasteiger partial charge in [0.05, 0.1) is 22.7 Å². The molecule has 57 heavy (non-hydrogen) atoms. The highest BCUT2D eigenvalue weighted by atomic mass is 28.4. The first kappa shape index (κ1) is 32.0. The minimum absolute atomic E-state index is 1.15. The van der Waals surface area contributed by atoms with E-state index in [0.29, 0.717) is 0 Å². The van der Waals surface area contributed by atoms with Crippen LogP contribution in [0.15, 0.2) is 218 Å². The topological polar surface area (TPSA) is 13.0 Å². The number of fused-ring (bicyclic) bond motifs is 12. The first-order chi connectivity index (χ1) is 28.4. The molecule has 0 N–H and O–H groups in total. The largest absolute Gasteiger partial charge is 0.522 e. The van der Waals surface area contributed by atoms with Crippen molar-refractivity contribution in [1.29, 1.82) is 0 Å². The molecule has 0 saturated carbocycles. The SMILES string of the molecule is c1ccc(N2c3c(c4ccccc4c4ccccc34)N(c3ccccc3)[Si]23N(c2ccccc2)c2c(c4ccccc4c4ccccc24)N3c2ccccc2)cc1. The monoisotopic (exact) mass is 744 g/mol. The predicted molar refractivity (Wildman–Crippen MR) is 243 cm³/mol. The molecule has 0 aromatic heterocycles. The summed E-state index contributed by atoms with van der Waals surface area (Å²) >= 11 is 0. The van der Waals surface area contributed by atoms with Gasteiger partial charge >= 0.3 is 8.72 Å². The first-order valence-electron chi connectivity index (χ1n) is 19.6. The Morgan fingerprint density at radius 3 is 0.579 bits per heavy atom. The van der Waals surface area contributed by atoms with Gasteiger partial charge in [-0.1, -0.05) is 170 Å². The van der Waals surface area contributed by atoms with Crippen LogP contribution in [0.5, 0.6) is 0 Å². The lowest BCUT2D eigenvalue weighted by Crippen LogP contribution is -2.76. The Kier molecular flexibility index (Phi) is 6.91. The predicted octanol–water partition coefficient (Wildman–Crippen LogP) is 14.0. The van der Waals surface area contributed by atoms with Gasteiger partial charge in [0, 0.05) is 44.3 Å². The van der Waals surface area contributed by atoms with E-state index in [-0.39, 0.29) is 0 Å². The van der Waals surface area contributed by atoms with Crippen LogP contribution in [-0.2, 0) is 0 Å². The third kappa shape index (κ3) is 4.32. The molecule has 0 unspecified atom stereocenters. The number of para-hydroxylation sites is 4. The molecule has 4 nitrogen and oxygen atoms in total. The maximum Gasteiger partial charge on any atom is 0.522 e. The molecule has 0 bridgehead atoms. The Hall–Kier alpha value is -7.34. The van der Waals surface area contributed by atoms with Crippen LogP contribution in [-0.4, -0.2) is 8.72 Å². The van der Waals surface area contributed by atoms with Crippen molar-refractivity contribution >= 4 is 97.3 Å². The van der Waals surface area contributed by atoms with E-state index < -0.39 is 8.72 Å². The Labute approximate surface area is 332 Å². The second-order valence-electron chi connectivity index (χ2n) is 14.9. The maximum atomic E-state index is 2.77. The smallest absolute Gasteiger partial charge is 0.313 e. The Morgan fingerprint density at radius 2 is 0.368 bits per heavy atom. The third-order valence-corrected chi connectivity index (χ3v) is 16.2. The fourth-order valence-corrected chi connectivity index (χ4v) is 15.1. The molecule has 1 spiro atoms. The van der Waals surface area contributed by atoms with Crippen molar-refractivity contribution in [3.8, 4) is 0 Å². The summed E-state index contributed by atoms with van der Waals surface area (Å²) in [5, 5.41) is 9.90. The minimum atomic E-state index is -3.70. The van der Waals surface area contributed by atoms with Crippen LogP contribution >= 0.6 is 0 Å². The molecule has 0 amide bonds. The lowest BCUT2D eigenvalue weighted by Gasteiger charge is -2.49. The molecule has 2 aliphatic rings. The first-order valence-corrected chi connectivity index (χ1v) is 21.4. The van der Waals surface area contributed by atoms with Crippen molar-refractivity contribution in [3.63, 3.8) is 0 Å². The van der Waals surface area contributed by atoms with Gasteiger partial charge in [0.15, 0.2) is 0 Å². The van der Waals surface area contributed by atoms with Crippen molar-refractivity contribution in [1.82, 2.24) is 0 Å². The number of benzene rings is 10. The van der Waals surface area contributed by atoms with Gasteiger partial charge in [-0.2, -0.15) is 0 Å². The molecule has 0 atom stereocenters. The van der Waals surface area contributed by atoms with Gasteiger partial charge in [-0.25, -0.2) is 0 Å². The zero-order valence-electron chi connectivity index (χ0n) is 31.1. The van der Waals surface area contributed by atoms with E-state index in [4.69, 9.17) is 0 Å². The molecule has 268 valence electrons. The summed E-state index contributed by atoms with van der Waals surface area (Å²) in [7, 11) is -3.70. The molecular weight excluding hydrogens is 709 g/mol. The van der Waals surface area contributed by atoms with Crippen molar-refractivity contribution < 1.29 is 0 Å². The van der Waals surface area contributed by atoms with Crippen LogP contribution in [0.4, 0.5) is 45.5 Å². The standard InChI is InChI=1S/C52H36N4Si/c1-5-21-37(22-6-1)53-49-45-33-17-13-29-41(45)42-30-14-18-34-46(42)50(49)54(38-23-7-2-8-24-38)57(53)55(39-25-9-3-10-26-39)51-47-35-19-15-31-43(47)44-32-16-20-36-48(44)52(51)56(57)40-27-11-4-12-28-40/h1-36H. The fourth-order valence-electron chi connectivity index (χ4n) is 9.83. The summed E-state index contributed by atoms with van der Waals surface area (Å²) < 4.78 is 11.1. The van der Waals surface area contributed by atoms with Crippen LogP contribution in [0, 0.1) is 0 Å². The molecule has 0 fully saturated rings. The van der Waals surface area contributed by atoms with Crippen molar-refractivity contribution in [2.24, 2.45) is 0 Å². The Bertz CT molecular complexity index is 2720. The summed E-state index contributed by atoms with van der Waals surface area (Å²) in [5.74, 6) is 0. The number of anilines is 8. The minimum Gasteiger partial charge on any atom is -0.313 e. The summed E-state index contributed by atoms with van der Waals surface area (Å²) in [4.78, 5) is 0. The van der Waals surface area contributed by atoms with E-state index in [1.54, 1.807) is 0 Å². The van der Waals surface area contributed by atoms with E-state index in [0.717, 1.165) is 22.7 Å². The highest BCUT2D eigenvalue weighted by Crippen LogP contribution is 2.66. The molecule has 5 heteroatoms. The van der Waals surface area contributed by atoms with E-state index in [1.807, 2.05) is 0 Å². The zero-order chi connectivity index (χ0) is 37.5. The van der Waals surface area contributed by atoms with Gasteiger partial charge in [0.2, 0.25) is 0 Å². The number of nitrogens with zero attached hydrogens (tertiary/aromatic N) is 4. The molecule has 10 aromatic rings. The number of hydrogen-bond acceptors (Lipinski definition) is 4. The zero-order valence-corrected chi connectivity index (χ0v) is 32.1. The van der Waals surface area contributed by atoms with Gasteiger partial charge in [0.1, 0.15) is 0 Å². The highest BCUT2D eigenvalue weighted by molar-refractivity contribution is 7.00. The second-order valence-corrected chi connectivity index (χ2v) is 17.8. The van der Waals surface area contributed by atoms with E-state index in [2.05, 4.69) is 237 Å². The fraction of sp³-hybridized carbons (Fsp3) is 0. The molecular formula is C52H36N4Si.